The predicted molar refractivity (Wildman–Crippen MR) is 72.8 cm³/mol. The molecule has 0 aliphatic carbocycles. The van der Waals surface area contributed by atoms with Gasteiger partial charge in [0, 0.05) is 10.6 Å². The molecule has 90 valence electrons. The van der Waals surface area contributed by atoms with Crippen LogP contribution in [0.1, 0.15) is 5.56 Å². The molecular weight excluding hydrogens is 246 g/mol. The van der Waals surface area contributed by atoms with Crippen molar-refractivity contribution in [3.05, 3.63) is 53.1 Å². The van der Waals surface area contributed by atoms with Crippen LogP contribution in [0.4, 0.5) is 0 Å². The van der Waals surface area contributed by atoms with Gasteiger partial charge in [0.25, 0.3) is 0 Å². The molecule has 0 saturated carbocycles. The molecule has 0 unspecified atom stereocenters. The maximum atomic E-state index is 8.74. The van der Waals surface area contributed by atoms with Gasteiger partial charge in [0.15, 0.2) is 0 Å². The molecule has 2 nitrogen and oxygen atoms in total. The highest BCUT2D eigenvalue weighted by atomic mass is 35.5. The summed E-state index contributed by atoms with van der Waals surface area (Å²) in [5, 5.41) is 9.44. The van der Waals surface area contributed by atoms with Crippen LogP contribution in [-0.4, -0.2) is 7.11 Å². The van der Waals surface area contributed by atoms with Gasteiger partial charge in [0.2, 0.25) is 0 Å². The lowest BCUT2D eigenvalue weighted by Gasteiger charge is -2.09. The van der Waals surface area contributed by atoms with Crippen molar-refractivity contribution in [1.29, 1.82) is 5.26 Å². The summed E-state index contributed by atoms with van der Waals surface area (Å²) in [6.07, 6.45) is 0.346. The lowest BCUT2D eigenvalue weighted by atomic mass is 10.0. The Bertz CT molecular complexity index is 602. The largest absolute Gasteiger partial charge is 0.496 e. The summed E-state index contributed by atoms with van der Waals surface area (Å²) < 4.78 is 5.31. The molecule has 0 atom stereocenters. The van der Waals surface area contributed by atoms with Crippen molar-refractivity contribution >= 4 is 11.6 Å². The average molecular weight is 258 g/mol. The van der Waals surface area contributed by atoms with E-state index in [0.29, 0.717) is 11.4 Å². The molecule has 3 heteroatoms. The number of hydrogen-bond donors (Lipinski definition) is 0. The number of benzene rings is 2. The normalized spacial score (nSPS) is 9.83. The molecule has 18 heavy (non-hydrogen) atoms. The molecule has 0 amide bonds. The zero-order valence-electron chi connectivity index (χ0n) is 9.98. The molecule has 0 aromatic heterocycles. The Kier molecular flexibility index (Phi) is 3.86. The van der Waals surface area contributed by atoms with Crippen LogP contribution >= 0.6 is 11.6 Å². The van der Waals surface area contributed by atoms with Crippen molar-refractivity contribution in [2.45, 2.75) is 6.42 Å². The molecule has 0 fully saturated rings. The molecule has 0 spiro atoms. The third-order valence-corrected chi connectivity index (χ3v) is 2.95. The summed E-state index contributed by atoms with van der Waals surface area (Å²) in [4.78, 5) is 0. The molecule has 0 N–H and O–H groups in total. The molecule has 2 aromatic rings. The topological polar surface area (TPSA) is 33.0 Å². The van der Waals surface area contributed by atoms with E-state index >= 15 is 0 Å². The Morgan fingerprint density at radius 3 is 2.61 bits per heavy atom. The standard InChI is InChI=1S/C15H12ClNO/c1-18-15-10-13(6-5-11(15)7-8-17)12-3-2-4-14(16)9-12/h2-6,9-10H,7H2,1H3. The van der Waals surface area contributed by atoms with Gasteiger partial charge < -0.3 is 4.74 Å². The van der Waals surface area contributed by atoms with Crippen molar-refractivity contribution < 1.29 is 4.74 Å². The van der Waals surface area contributed by atoms with E-state index in [1.807, 2.05) is 42.5 Å². The first-order chi connectivity index (χ1) is 8.74. The predicted octanol–water partition coefficient (Wildman–Crippen LogP) is 4.08. The number of ether oxygens (including phenoxy) is 1. The highest BCUT2D eigenvalue weighted by Gasteiger charge is 2.06. The number of hydrogen-bond acceptors (Lipinski definition) is 2. The lowest BCUT2D eigenvalue weighted by molar-refractivity contribution is 0.411. The van der Waals surface area contributed by atoms with Crippen LogP contribution in [0.5, 0.6) is 5.75 Å². The molecule has 0 bridgehead atoms. The van der Waals surface area contributed by atoms with Gasteiger partial charge in [0.05, 0.1) is 19.6 Å². The molecule has 2 aromatic carbocycles. The zero-order valence-corrected chi connectivity index (χ0v) is 10.7. The zero-order chi connectivity index (χ0) is 13.0. The molecule has 0 saturated heterocycles. The fraction of sp³-hybridized carbons (Fsp3) is 0.133. The van der Waals surface area contributed by atoms with Crippen LogP contribution in [0.3, 0.4) is 0 Å². The SMILES string of the molecule is COc1cc(-c2cccc(Cl)c2)ccc1CC#N. The molecule has 2 rings (SSSR count). The van der Waals surface area contributed by atoms with E-state index in [2.05, 4.69) is 6.07 Å². The van der Waals surface area contributed by atoms with Gasteiger partial charge in [-0.2, -0.15) is 5.26 Å². The van der Waals surface area contributed by atoms with Crippen LogP contribution < -0.4 is 4.74 Å². The molecule has 0 heterocycles. The smallest absolute Gasteiger partial charge is 0.123 e. The number of halogens is 1. The Labute approximate surface area is 111 Å². The van der Waals surface area contributed by atoms with E-state index in [4.69, 9.17) is 21.6 Å². The van der Waals surface area contributed by atoms with E-state index in [-0.39, 0.29) is 0 Å². The van der Waals surface area contributed by atoms with Crippen LogP contribution in [0.2, 0.25) is 5.02 Å². The van der Waals surface area contributed by atoms with Crippen molar-refractivity contribution in [3.63, 3.8) is 0 Å². The second kappa shape index (κ2) is 5.57. The maximum Gasteiger partial charge on any atom is 0.123 e. The molecule has 0 aliphatic rings. The Balaban J connectivity index is 2.44. The maximum absolute atomic E-state index is 8.74. The third-order valence-electron chi connectivity index (χ3n) is 2.71. The highest BCUT2D eigenvalue weighted by molar-refractivity contribution is 6.30. The van der Waals surface area contributed by atoms with Crippen LogP contribution in [-0.2, 0) is 6.42 Å². The Hall–Kier alpha value is -1.98. The Morgan fingerprint density at radius 2 is 1.94 bits per heavy atom. The van der Waals surface area contributed by atoms with Crippen molar-refractivity contribution in [3.8, 4) is 22.9 Å². The van der Waals surface area contributed by atoms with Gasteiger partial charge in [-0.05, 0) is 29.3 Å². The second-order valence-corrected chi connectivity index (χ2v) is 4.31. The fourth-order valence-corrected chi connectivity index (χ4v) is 2.01. The minimum atomic E-state index is 0.346. The average Bonchev–Trinajstić information content (AvgIpc) is 2.39. The summed E-state index contributed by atoms with van der Waals surface area (Å²) in [5.74, 6) is 0.731. The van der Waals surface area contributed by atoms with E-state index < -0.39 is 0 Å². The molecule has 0 aliphatic heterocycles. The summed E-state index contributed by atoms with van der Waals surface area (Å²) >= 11 is 5.98. The summed E-state index contributed by atoms with van der Waals surface area (Å²) in [7, 11) is 1.61. The van der Waals surface area contributed by atoms with Gasteiger partial charge in [-0.1, -0.05) is 35.9 Å². The van der Waals surface area contributed by atoms with Crippen molar-refractivity contribution in [1.82, 2.24) is 0 Å². The summed E-state index contributed by atoms with van der Waals surface area (Å²) in [6, 6.07) is 15.6. The van der Waals surface area contributed by atoms with Gasteiger partial charge in [-0.15, -0.1) is 0 Å². The monoisotopic (exact) mass is 257 g/mol. The third kappa shape index (κ3) is 2.64. The van der Waals surface area contributed by atoms with E-state index in [0.717, 1.165) is 22.4 Å². The Morgan fingerprint density at radius 1 is 1.17 bits per heavy atom. The first-order valence-electron chi connectivity index (χ1n) is 5.54. The first kappa shape index (κ1) is 12.5. The molecular formula is C15H12ClNO. The minimum absolute atomic E-state index is 0.346. The summed E-state index contributed by atoms with van der Waals surface area (Å²) in [6.45, 7) is 0. The van der Waals surface area contributed by atoms with Crippen molar-refractivity contribution in [2.75, 3.05) is 7.11 Å². The van der Waals surface area contributed by atoms with Gasteiger partial charge in [-0.3, -0.25) is 0 Å². The first-order valence-corrected chi connectivity index (χ1v) is 5.92. The quantitative estimate of drug-likeness (QED) is 0.830. The van der Waals surface area contributed by atoms with E-state index in [1.54, 1.807) is 7.11 Å². The van der Waals surface area contributed by atoms with Gasteiger partial charge in [0.1, 0.15) is 5.75 Å². The molecule has 0 radical (unpaired) electrons. The van der Waals surface area contributed by atoms with Gasteiger partial charge >= 0.3 is 0 Å². The number of nitrogens with zero attached hydrogens (tertiary/aromatic N) is 1. The fourth-order valence-electron chi connectivity index (χ4n) is 1.82. The number of methoxy groups -OCH3 is 1. The number of rotatable bonds is 3. The number of nitriles is 1. The summed E-state index contributed by atoms with van der Waals surface area (Å²) in [5.41, 5.74) is 2.95. The second-order valence-electron chi connectivity index (χ2n) is 3.87. The van der Waals surface area contributed by atoms with Crippen molar-refractivity contribution in [2.24, 2.45) is 0 Å². The van der Waals surface area contributed by atoms with Crippen LogP contribution in [0, 0.1) is 11.3 Å². The lowest BCUT2D eigenvalue weighted by Crippen LogP contribution is -1.91. The van der Waals surface area contributed by atoms with E-state index in [1.165, 1.54) is 0 Å². The van der Waals surface area contributed by atoms with Crippen LogP contribution in [0.25, 0.3) is 11.1 Å². The van der Waals surface area contributed by atoms with E-state index in [9.17, 15) is 0 Å². The minimum Gasteiger partial charge on any atom is -0.496 e. The highest BCUT2D eigenvalue weighted by Crippen LogP contribution is 2.28. The van der Waals surface area contributed by atoms with Crippen LogP contribution in [0.15, 0.2) is 42.5 Å². The van der Waals surface area contributed by atoms with Gasteiger partial charge in [-0.25, -0.2) is 0 Å².